The highest BCUT2D eigenvalue weighted by atomic mass is 32.2. The van der Waals surface area contributed by atoms with Gasteiger partial charge < -0.3 is 10.2 Å². The summed E-state index contributed by atoms with van der Waals surface area (Å²) in [6, 6.07) is 0. The molecule has 1 saturated heterocycles. The molecule has 2 N–H and O–H groups in total. The van der Waals surface area contributed by atoms with E-state index in [2.05, 4.69) is 0 Å². The molecule has 1 aliphatic heterocycles. The van der Waals surface area contributed by atoms with E-state index in [1.807, 2.05) is 0 Å². The fourth-order valence-electron chi connectivity index (χ4n) is 1.22. The van der Waals surface area contributed by atoms with Crippen LogP contribution in [0.5, 0.6) is 0 Å². The summed E-state index contributed by atoms with van der Waals surface area (Å²) in [7, 11) is 0. The van der Waals surface area contributed by atoms with E-state index in [1.165, 1.54) is 0 Å². The molecule has 1 aliphatic rings. The summed E-state index contributed by atoms with van der Waals surface area (Å²) in [5.74, 6) is -3.74. The third kappa shape index (κ3) is 2.21. The van der Waals surface area contributed by atoms with Crippen LogP contribution in [0.4, 0.5) is 0 Å². The first-order chi connectivity index (χ1) is 6.02. The van der Waals surface area contributed by atoms with Crippen molar-refractivity contribution in [2.45, 2.75) is 6.42 Å². The summed E-state index contributed by atoms with van der Waals surface area (Å²) in [4.78, 5) is 32.0. The molecule has 0 aromatic rings. The van der Waals surface area contributed by atoms with Gasteiger partial charge in [0.25, 0.3) is 0 Å². The largest absolute Gasteiger partial charge is 0.481 e. The second-order valence-corrected chi connectivity index (χ2v) is 3.80. The Labute approximate surface area is 78.1 Å². The Morgan fingerprint density at radius 1 is 1.46 bits per heavy atom. The molecule has 1 rings (SSSR count). The van der Waals surface area contributed by atoms with E-state index >= 15 is 0 Å². The molecule has 6 heteroatoms. The number of hydrogen-bond donors (Lipinski definition) is 2. The van der Waals surface area contributed by atoms with Gasteiger partial charge in [0.2, 0.25) is 0 Å². The van der Waals surface area contributed by atoms with Crippen LogP contribution in [0, 0.1) is 11.8 Å². The molecule has 0 amide bonds. The maximum Gasteiger partial charge on any atom is 0.308 e. The van der Waals surface area contributed by atoms with Gasteiger partial charge in [0, 0.05) is 5.75 Å². The summed E-state index contributed by atoms with van der Waals surface area (Å²) >= 11 is 0.901. The normalized spacial score (nSPS) is 27.5. The molecule has 1 fully saturated rings. The first kappa shape index (κ1) is 10.0. The predicted molar refractivity (Wildman–Crippen MR) is 44.3 cm³/mol. The lowest BCUT2D eigenvalue weighted by Gasteiger charge is -2.09. The van der Waals surface area contributed by atoms with Crippen LogP contribution in [0.2, 0.25) is 0 Å². The average Bonchev–Trinajstić information content (AvgIpc) is 2.32. The van der Waals surface area contributed by atoms with Gasteiger partial charge in [0.15, 0.2) is 5.12 Å². The van der Waals surface area contributed by atoms with Crippen LogP contribution in [0.1, 0.15) is 6.42 Å². The topological polar surface area (TPSA) is 91.7 Å². The molecule has 0 aromatic heterocycles. The number of carboxylic acids is 2. The molecule has 2 unspecified atom stereocenters. The van der Waals surface area contributed by atoms with Crippen molar-refractivity contribution in [1.29, 1.82) is 0 Å². The van der Waals surface area contributed by atoms with E-state index in [0.29, 0.717) is 0 Å². The van der Waals surface area contributed by atoms with Crippen LogP contribution >= 0.6 is 11.8 Å². The highest BCUT2D eigenvalue weighted by Gasteiger charge is 2.41. The summed E-state index contributed by atoms with van der Waals surface area (Å²) < 4.78 is 0. The van der Waals surface area contributed by atoms with Crippen molar-refractivity contribution >= 4 is 28.8 Å². The molecule has 0 aliphatic carbocycles. The Hall–Kier alpha value is -1.04. The number of carboxylic acid groups (broad SMARTS) is 2. The second-order valence-electron chi connectivity index (χ2n) is 2.78. The zero-order chi connectivity index (χ0) is 10.0. The van der Waals surface area contributed by atoms with E-state index in [9.17, 15) is 14.4 Å². The molecule has 0 bridgehead atoms. The fourth-order valence-corrected chi connectivity index (χ4v) is 2.40. The Bertz CT molecular complexity index is 262. The van der Waals surface area contributed by atoms with Crippen molar-refractivity contribution in [2.24, 2.45) is 11.8 Å². The van der Waals surface area contributed by atoms with Gasteiger partial charge in [-0.3, -0.25) is 14.4 Å². The van der Waals surface area contributed by atoms with Gasteiger partial charge >= 0.3 is 11.9 Å². The molecule has 72 valence electrons. The van der Waals surface area contributed by atoms with Gasteiger partial charge in [-0.2, -0.15) is 0 Å². The van der Waals surface area contributed by atoms with Crippen molar-refractivity contribution in [1.82, 2.24) is 0 Å². The van der Waals surface area contributed by atoms with Gasteiger partial charge in [0.1, 0.15) is 0 Å². The van der Waals surface area contributed by atoms with Crippen molar-refractivity contribution < 1.29 is 24.6 Å². The number of aliphatic carboxylic acids is 2. The standard InChI is InChI=1S/C7H8O5S/c8-5(9)1-3-4(6(10)11)2-13-7(3)12/h3-4H,1-2H2,(H,8,9)(H,10,11). The van der Waals surface area contributed by atoms with E-state index in [1.54, 1.807) is 0 Å². The van der Waals surface area contributed by atoms with E-state index in [0.717, 1.165) is 11.8 Å². The summed E-state index contributed by atoms with van der Waals surface area (Å²) in [5, 5.41) is 16.8. The van der Waals surface area contributed by atoms with Crippen LogP contribution in [0.15, 0.2) is 0 Å². The molecule has 0 saturated carbocycles. The van der Waals surface area contributed by atoms with Crippen LogP contribution in [-0.4, -0.2) is 33.0 Å². The zero-order valence-electron chi connectivity index (χ0n) is 6.60. The van der Waals surface area contributed by atoms with Gasteiger partial charge in [-0.15, -0.1) is 0 Å². The molecule has 0 spiro atoms. The minimum absolute atomic E-state index is 0.187. The lowest BCUT2D eigenvalue weighted by molar-refractivity contribution is -0.146. The van der Waals surface area contributed by atoms with Gasteiger partial charge in [0.05, 0.1) is 18.3 Å². The smallest absolute Gasteiger partial charge is 0.308 e. The quantitative estimate of drug-likeness (QED) is 0.675. The van der Waals surface area contributed by atoms with Crippen LogP contribution in [0.25, 0.3) is 0 Å². The van der Waals surface area contributed by atoms with Crippen molar-refractivity contribution in [2.75, 3.05) is 5.75 Å². The molecule has 13 heavy (non-hydrogen) atoms. The Balaban J connectivity index is 2.71. The summed E-state index contributed by atoms with van der Waals surface area (Å²) in [5.41, 5.74) is 0. The Morgan fingerprint density at radius 3 is 2.54 bits per heavy atom. The van der Waals surface area contributed by atoms with Crippen LogP contribution in [0.3, 0.4) is 0 Å². The monoisotopic (exact) mass is 204 g/mol. The first-order valence-electron chi connectivity index (χ1n) is 3.63. The zero-order valence-corrected chi connectivity index (χ0v) is 7.41. The van der Waals surface area contributed by atoms with Gasteiger partial charge in [-0.05, 0) is 0 Å². The Kier molecular flexibility index (Phi) is 2.92. The summed E-state index contributed by atoms with van der Waals surface area (Å²) in [6.07, 6.45) is -0.386. The van der Waals surface area contributed by atoms with E-state index in [4.69, 9.17) is 10.2 Å². The Morgan fingerprint density at radius 2 is 2.08 bits per heavy atom. The highest BCUT2D eigenvalue weighted by Crippen LogP contribution is 2.33. The first-order valence-corrected chi connectivity index (χ1v) is 4.62. The summed E-state index contributed by atoms with van der Waals surface area (Å²) in [6.45, 7) is 0. The predicted octanol–water partition coefficient (Wildman–Crippen LogP) is 0.0515. The minimum atomic E-state index is -1.13. The third-order valence-electron chi connectivity index (χ3n) is 1.91. The van der Waals surface area contributed by atoms with Crippen molar-refractivity contribution in [3.63, 3.8) is 0 Å². The third-order valence-corrected chi connectivity index (χ3v) is 3.02. The number of rotatable bonds is 3. The molecule has 2 atom stereocenters. The second kappa shape index (κ2) is 3.78. The molecular weight excluding hydrogens is 196 g/mol. The van der Waals surface area contributed by atoms with Crippen molar-refractivity contribution in [3.8, 4) is 0 Å². The lowest BCUT2D eigenvalue weighted by Crippen LogP contribution is -2.25. The molecule has 5 nitrogen and oxygen atoms in total. The van der Waals surface area contributed by atoms with E-state index in [-0.39, 0.29) is 17.3 Å². The number of carbonyl (C=O) groups is 3. The number of hydrogen-bond acceptors (Lipinski definition) is 4. The maximum atomic E-state index is 11.1. The lowest BCUT2D eigenvalue weighted by atomic mass is 9.93. The van der Waals surface area contributed by atoms with Crippen molar-refractivity contribution in [3.05, 3.63) is 0 Å². The molecule has 1 heterocycles. The number of thioether (sulfide) groups is 1. The van der Waals surface area contributed by atoms with Gasteiger partial charge in [-0.1, -0.05) is 11.8 Å². The maximum absolute atomic E-state index is 11.1. The average molecular weight is 204 g/mol. The molecular formula is C7H8O5S. The van der Waals surface area contributed by atoms with Gasteiger partial charge in [-0.25, -0.2) is 0 Å². The minimum Gasteiger partial charge on any atom is -0.481 e. The fraction of sp³-hybridized carbons (Fsp3) is 0.571. The molecule has 0 radical (unpaired) electrons. The van der Waals surface area contributed by atoms with Crippen LogP contribution in [-0.2, 0) is 14.4 Å². The van der Waals surface area contributed by atoms with Crippen LogP contribution < -0.4 is 0 Å². The molecule has 0 aromatic carbocycles. The van der Waals surface area contributed by atoms with E-state index < -0.39 is 23.8 Å². The number of carbonyl (C=O) groups excluding carboxylic acids is 1. The SMILES string of the molecule is O=C(O)CC1C(=O)SCC1C(=O)O. The highest BCUT2D eigenvalue weighted by molar-refractivity contribution is 8.14.